The van der Waals surface area contributed by atoms with Crippen LogP contribution >= 0.6 is 0 Å². The maximum absolute atomic E-state index is 14.9. The van der Waals surface area contributed by atoms with E-state index in [1.165, 1.54) is 36.8 Å². The molecule has 204 valence electrons. The van der Waals surface area contributed by atoms with Gasteiger partial charge in [-0.25, -0.2) is 9.37 Å². The second kappa shape index (κ2) is 11.8. The monoisotopic (exact) mass is 531 g/mol. The molecular weight excluding hydrogens is 497 g/mol. The van der Waals surface area contributed by atoms with Crippen molar-refractivity contribution in [1.29, 1.82) is 0 Å². The van der Waals surface area contributed by atoms with Crippen LogP contribution < -0.4 is 27.0 Å². The minimum Gasteiger partial charge on any atom is -0.397 e. The van der Waals surface area contributed by atoms with E-state index in [2.05, 4.69) is 25.5 Å². The summed E-state index contributed by atoms with van der Waals surface area (Å²) in [7, 11) is 0. The Balaban J connectivity index is 1.38. The topological polar surface area (TPSA) is 139 Å². The van der Waals surface area contributed by atoms with Crippen LogP contribution in [0.1, 0.15) is 65.8 Å². The quantitative estimate of drug-likeness (QED) is 0.375. The molecule has 3 heterocycles. The van der Waals surface area contributed by atoms with Crippen LogP contribution in [0.4, 0.5) is 21.5 Å². The molecule has 1 aliphatic heterocycles. The molecule has 9 nitrogen and oxygen atoms in total. The Hall–Kier alpha value is -4.05. The predicted octanol–water partition coefficient (Wildman–Crippen LogP) is 4.11. The number of halogens is 1. The number of anilines is 3. The number of nitrogens with two attached hydrogens (primary N) is 2. The molecule has 5 rings (SSSR count). The van der Waals surface area contributed by atoms with E-state index in [4.69, 9.17) is 11.5 Å². The number of nitrogen functional groups attached to an aromatic ring is 1. The number of benzene rings is 1. The molecule has 1 aliphatic carbocycles. The van der Waals surface area contributed by atoms with Crippen molar-refractivity contribution < 1.29 is 14.0 Å². The Morgan fingerprint density at radius 1 is 1.00 bits per heavy atom. The van der Waals surface area contributed by atoms with Gasteiger partial charge in [0.1, 0.15) is 5.82 Å². The number of rotatable bonds is 6. The van der Waals surface area contributed by atoms with Crippen LogP contribution in [0, 0.1) is 5.82 Å². The molecule has 0 unspecified atom stereocenters. The first-order valence-electron chi connectivity index (χ1n) is 13.5. The van der Waals surface area contributed by atoms with Crippen molar-refractivity contribution >= 4 is 28.9 Å². The largest absolute Gasteiger partial charge is 0.397 e. The molecule has 0 radical (unpaired) electrons. The molecular formula is C29H34FN7O2. The first-order valence-corrected chi connectivity index (χ1v) is 13.5. The fourth-order valence-electron chi connectivity index (χ4n) is 5.35. The number of carbonyl (C=O) groups is 2. The minimum absolute atomic E-state index is 0.0471. The number of piperidine rings is 1. The van der Waals surface area contributed by atoms with Gasteiger partial charge in [-0.3, -0.25) is 14.6 Å². The van der Waals surface area contributed by atoms with Crippen molar-refractivity contribution in [3.8, 4) is 11.3 Å². The molecule has 10 heteroatoms. The molecule has 3 aromatic rings. The van der Waals surface area contributed by atoms with E-state index in [1.807, 2.05) is 6.07 Å². The first kappa shape index (κ1) is 26.6. The Labute approximate surface area is 227 Å². The van der Waals surface area contributed by atoms with E-state index in [-0.39, 0.29) is 40.6 Å². The molecule has 1 saturated heterocycles. The number of pyridine rings is 2. The standard InChI is InChI=1S/C29H34FN7O2/c30-22-9-8-18(28(38)34-20-6-2-1-3-7-20)15-21(22)24-11-10-23(32)27(35-24)29(39)36-25-16-33-13-12-26(25)37-14-4-5-19(31)17-37/h8-13,15-16,19-20H,1-7,14,17,31-32H2,(H,34,38)(H,36,39)/t19-/m0/s1. The number of nitrogens with one attached hydrogen (secondary N) is 2. The summed E-state index contributed by atoms with van der Waals surface area (Å²) in [5.74, 6) is -1.35. The molecule has 1 atom stereocenters. The lowest BCUT2D eigenvalue weighted by atomic mass is 9.95. The van der Waals surface area contributed by atoms with E-state index in [0.29, 0.717) is 17.8 Å². The van der Waals surface area contributed by atoms with Crippen molar-refractivity contribution in [1.82, 2.24) is 15.3 Å². The third-order valence-corrected chi connectivity index (χ3v) is 7.43. The van der Waals surface area contributed by atoms with Gasteiger partial charge in [-0.15, -0.1) is 0 Å². The lowest BCUT2D eigenvalue weighted by Gasteiger charge is -2.33. The van der Waals surface area contributed by atoms with E-state index in [0.717, 1.165) is 50.8 Å². The van der Waals surface area contributed by atoms with E-state index < -0.39 is 11.7 Å². The van der Waals surface area contributed by atoms with Gasteiger partial charge < -0.3 is 27.0 Å². The molecule has 2 aromatic heterocycles. The maximum atomic E-state index is 14.9. The van der Waals surface area contributed by atoms with Gasteiger partial charge >= 0.3 is 0 Å². The Morgan fingerprint density at radius 3 is 2.62 bits per heavy atom. The van der Waals surface area contributed by atoms with Crippen LogP contribution in [-0.4, -0.2) is 47.0 Å². The van der Waals surface area contributed by atoms with Gasteiger partial charge in [0, 0.05) is 42.5 Å². The molecule has 0 bridgehead atoms. The molecule has 1 aromatic carbocycles. The van der Waals surface area contributed by atoms with Crippen LogP contribution in [0.3, 0.4) is 0 Å². The van der Waals surface area contributed by atoms with Crippen LogP contribution in [0.15, 0.2) is 48.8 Å². The summed E-state index contributed by atoms with van der Waals surface area (Å²) in [6.45, 7) is 1.49. The van der Waals surface area contributed by atoms with Crippen molar-refractivity contribution in [2.75, 3.05) is 29.0 Å². The Morgan fingerprint density at radius 2 is 1.82 bits per heavy atom. The molecule has 2 amide bonds. The number of hydrogen-bond acceptors (Lipinski definition) is 7. The highest BCUT2D eigenvalue weighted by Gasteiger charge is 2.23. The second-order valence-corrected chi connectivity index (χ2v) is 10.3. The average Bonchev–Trinajstić information content (AvgIpc) is 2.94. The summed E-state index contributed by atoms with van der Waals surface area (Å²) in [6, 6.07) is 9.23. The van der Waals surface area contributed by atoms with E-state index >= 15 is 0 Å². The number of aromatic nitrogens is 2. The maximum Gasteiger partial charge on any atom is 0.276 e. The normalized spacial score (nSPS) is 18.0. The molecule has 6 N–H and O–H groups in total. The number of carbonyl (C=O) groups excluding carboxylic acids is 2. The SMILES string of the molecule is Nc1ccc(-c2cc(C(=O)NC3CCCCC3)ccc2F)nc1C(=O)Nc1cnccc1N1CCC[C@H](N)C1. The highest BCUT2D eigenvalue weighted by atomic mass is 19.1. The number of nitrogens with zero attached hydrogens (tertiary/aromatic N) is 3. The first-order chi connectivity index (χ1) is 18.9. The molecule has 1 saturated carbocycles. The molecule has 0 spiro atoms. The van der Waals surface area contributed by atoms with E-state index in [1.54, 1.807) is 12.4 Å². The zero-order chi connectivity index (χ0) is 27.4. The van der Waals surface area contributed by atoms with Crippen molar-refractivity contribution in [3.63, 3.8) is 0 Å². The number of amides is 2. The second-order valence-electron chi connectivity index (χ2n) is 10.3. The van der Waals surface area contributed by atoms with Crippen LogP contribution in [-0.2, 0) is 0 Å². The predicted molar refractivity (Wildman–Crippen MR) is 150 cm³/mol. The zero-order valence-electron chi connectivity index (χ0n) is 21.8. The molecule has 2 fully saturated rings. The van der Waals surface area contributed by atoms with Gasteiger partial charge in [-0.05, 0) is 62.1 Å². The van der Waals surface area contributed by atoms with Gasteiger partial charge in [0.15, 0.2) is 5.69 Å². The fraction of sp³-hybridized carbons (Fsp3) is 0.379. The van der Waals surface area contributed by atoms with Crippen LogP contribution in [0.5, 0.6) is 0 Å². The lowest BCUT2D eigenvalue weighted by Crippen LogP contribution is -2.43. The summed E-state index contributed by atoms with van der Waals surface area (Å²) in [5.41, 5.74) is 14.3. The zero-order valence-corrected chi connectivity index (χ0v) is 21.8. The third kappa shape index (κ3) is 6.17. The smallest absolute Gasteiger partial charge is 0.276 e. The van der Waals surface area contributed by atoms with Crippen LogP contribution in [0.2, 0.25) is 0 Å². The fourth-order valence-corrected chi connectivity index (χ4v) is 5.35. The Kier molecular flexibility index (Phi) is 8.02. The summed E-state index contributed by atoms with van der Waals surface area (Å²) in [6.07, 6.45) is 10.4. The molecule has 2 aliphatic rings. The van der Waals surface area contributed by atoms with Gasteiger partial charge in [-0.2, -0.15) is 0 Å². The van der Waals surface area contributed by atoms with Crippen molar-refractivity contribution in [3.05, 3.63) is 65.9 Å². The van der Waals surface area contributed by atoms with Crippen LogP contribution in [0.25, 0.3) is 11.3 Å². The summed E-state index contributed by atoms with van der Waals surface area (Å²) in [4.78, 5) is 36.9. The summed E-state index contributed by atoms with van der Waals surface area (Å²) in [5, 5.41) is 5.91. The third-order valence-electron chi connectivity index (χ3n) is 7.43. The highest BCUT2D eigenvalue weighted by Crippen LogP contribution is 2.29. The molecule has 39 heavy (non-hydrogen) atoms. The van der Waals surface area contributed by atoms with Gasteiger partial charge in [0.2, 0.25) is 0 Å². The number of hydrogen-bond donors (Lipinski definition) is 4. The van der Waals surface area contributed by atoms with Crippen molar-refractivity contribution in [2.24, 2.45) is 5.73 Å². The van der Waals surface area contributed by atoms with Crippen molar-refractivity contribution in [2.45, 2.75) is 57.0 Å². The summed E-state index contributed by atoms with van der Waals surface area (Å²) < 4.78 is 14.9. The van der Waals surface area contributed by atoms with Gasteiger partial charge in [-0.1, -0.05) is 19.3 Å². The Bertz CT molecular complexity index is 1360. The lowest BCUT2D eigenvalue weighted by molar-refractivity contribution is 0.0927. The highest BCUT2D eigenvalue weighted by molar-refractivity contribution is 6.08. The minimum atomic E-state index is -0.552. The van der Waals surface area contributed by atoms with Gasteiger partial charge in [0.25, 0.3) is 11.8 Å². The average molecular weight is 532 g/mol. The van der Waals surface area contributed by atoms with E-state index in [9.17, 15) is 14.0 Å². The summed E-state index contributed by atoms with van der Waals surface area (Å²) >= 11 is 0. The van der Waals surface area contributed by atoms with Gasteiger partial charge in [0.05, 0.1) is 29.0 Å².